The van der Waals surface area contributed by atoms with Crippen molar-refractivity contribution in [2.24, 2.45) is 0 Å². The van der Waals surface area contributed by atoms with Gasteiger partial charge in [0.25, 0.3) is 0 Å². The highest BCUT2D eigenvalue weighted by molar-refractivity contribution is 6.32. The average molecular weight is 327 g/mol. The Kier molecular flexibility index (Phi) is 2.21. The van der Waals surface area contributed by atoms with Crippen LogP contribution in [0.15, 0.2) is 71.1 Å². The lowest BCUT2D eigenvalue weighted by molar-refractivity contribution is 0.669. The van der Waals surface area contributed by atoms with Gasteiger partial charge in [0.15, 0.2) is 0 Å². The third kappa shape index (κ3) is 1.41. The lowest BCUT2D eigenvalue weighted by atomic mass is 9.93. The van der Waals surface area contributed by atoms with Gasteiger partial charge in [0.2, 0.25) is 0 Å². The van der Waals surface area contributed by atoms with Gasteiger partial charge in [-0.05, 0) is 51.9 Å². The molecular formula is C22H11ClO. The lowest BCUT2D eigenvalue weighted by Crippen LogP contribution is -1.85. The van der Waals surface area contributed by atoms with Crippen molar-refractivity contribution >= 4 is 44.3 Å². The van der Waals surface area contributed by atoms with E-state index in [1.807, 2.05) is 12.1 Å². The van der Waals surface area contributed by atoms with Crippen molar-refractivity contribution in [1.82, 2.24) is 0 Å². The standard InChI is InChI=1S/C22H11ClO/c23-13-8-9-14-15-4-1-3-12-7-10-19-22(20(12)15)21-16(17(14)11-13)5-2-6-18(21)24-19/h1-11H. The number of hydrogen-bond donors (Lipinski definition) is 0. The molecule has 0 atom stereocenters. The first kappa shape index (κ1) is 12.6. The van der Waals surface area contributed by atoms with Gasteiger partial charge in [0, 0.05) is 21.2 Å². The second-order valence-electron chi connectivity index (χ2n) is 6.31. The second-order valence-corrected chi connectivity index (χ2v) is 6.75. The van der Waals surface area contributed by atoms with Crippen LogP contribution in [0.4, 0.5) is 0 Å². The second kappa shape index (κ2) is 4.19. The van der Waals surface area contributed by atoms with Crippen molar-refractivity contribution in [1.29, 1.82) is 0 Å². The predicted molar refractivity (Wildman–Crippen MR) is 101 cm³/mol. The van der Waals surface area contributed by atoms with Gasteiger partial charge in [0.1, 0.15) is 11.2 Å². The molecule has 5 aromatic rings. The predicted octanol–water partition coefficient (Wildman–Crippen LogP) is 7.04. The maximum atomic E-state index is 6.33. The van der Waals surface area contributed by atoms with Gasteiger partial charge in [-0.15, -0.1) is 0 Å². The Bertz CT molecular complexity index is 1310. The Hall–Kier alpha value is -2.77. The smallest absolute Gasteiger partial charge is 0.136 e. The molecule has 0 unspecified atom stereocenters. The Labute approximate surface area is 143 Å². The number of benzene rings is 4. The van der Waals surface area contributed by atoms with E-state index in [0.717, 1.165) is 16.2 Å². The third-order valence-corrected chi connectivity index (χ3v) is 5.30. The number of hydrogen-bond acceptors (Lipinski definition) is 1. The van der Waals surface area contributed by atoms with Crippen LogP contribution in [0.25, 0.3) is 55.0 Å². The van der Waals surface area contributed by atoms with E-state index in [1.165, 1.54) is 43.8 Å². The van der Waals surface area contributed by atoms with Gasteiger partial charge in [-0.25, -0.2) is 0 Å². The molecule has 0 saturated heterocycles. The largest absolute Gasteiger partial charge is 0.456 e. The van der Waals surface area contributed by atoms with E-state index in [2.05, 4.69) is 54.6 Å². The molecule has 0 saturated carbocycles. The molecule has 2 heteroatoms. The Morgan fingerprint density at radius 2 is 1.38 bits per heavy atom. The van der Waals surface area contributed by atoms with Crippen LogP contribution in [-0.2, 0) is 0 Å². The van der Waals surface area contributed by atoms with E-state index in [4.69, 9.17) is 16.0 Å². The average Bonchev–Trinajstić information content (AvgIpc) is 2.94. The van der Waals surface area contributed by atoms with Crippen LogP contribution in [-0.4, -0.2) is 0 Å². The Balaban J connectivity index is 2.05. The summed E-state index contributed by atoms with van der Waals surface area (Å²) in [5, 5.41) is 5.65. The molecule has 1 aliphatic rings. The lowest BCUT2D eigenvalue weighted by Gasteiger charge is -2.11. The molecule has 0 amide bonds. The summed E-state index contributed by atoms with van der Waals surface area (Å²) in [6.07, 6.45) is 0. The molecular weight excluding hydrogens is 316 g/mol. The van der Waals surface area contributed by atoms with Crippen LogP contribution in [0.5, 0.6) is 0 Å². The molecule has 0 spiro atoms. The first-order valence-corrected chi connectivity index (χ1v) is 8.36. The molecule has 4 aromatic carbocycles. The highest BCUT2D eigenvalue weighted by Gasteiger charge is 2.22. The summed E-state index contributed by atoms with van der Waals surface area (Å²) in [5.41, 5.74) is 6.69. The molecule has 0 N–H and O–H groups in total. The molecule has 1 nitrogen and oxygen atoms in total. The van der Waals surface area contributed by atoms with Crippen molar-refractivity contribution in [3.8, 4) is 22.3 Å². The normalized spacial score (nSPS) is 12.4. The number of rotatable bonds is 0. The maximum Gasteiger partial charge on any atom is 0.136 e. The quantitative estimate of drug-likeness (QED) is 0.292. The fourth-order valence-electron chi connectivity index (χ4n) is 4.11. The molecule has 24 heavy (non-hydrogen) atoms. The van der Waals surface area contributed by atoms with Crippen LogP contribution >= 0.6 is 11.6 Å². The van der Waals surface area contributed by atoms with E-state index >= 15 is 0 Å². The molecule has 0 bridgehead atoms. The molecule has 0 radical (unpaired) electrons. The van der Waals surface area contributed by atoms with E-state index in [1.54, 1.807) is 0 Å². The van der Waals surface area contributed by atoms with Gasteiger partial charge < -0.3 is 4.42 Å². The summed E-state index contributed by atoms with van der Waals surface area (Å²) < 4.78 is 6.14. The highest BCUT2D eigenvalue weighted by atomic mass is 35.5. The number of fused-ring (bicyclic) bond motifs is 3. The molecule has 1 aromatic heterocycles. The van der Waals surface area contributed by atoms with Crippen LogP contribution in [0.1, 0.15) is 0 Å². The van der Waals surface area contributed by atoms with E-state index in [0.29, 0.717) is 0 Å². The van der Waals surface area contributed by atoms with Crippen molar-refractivity contribution in [3.05, 3.63) is 71.8 Å². The van der Waals surface area contributed by atoms with E-state index in [9.17, 15) is 0 Å². The minimum absolute atomic E-state index is 0.753. The molecule has 1 aliphatic carbocycles. The van der Waals surface area contributed by atoms with Gasteiger partial charge in [-0.1, -0.05) is 54.1 Å². The SMILES string of the molecule is Clc1ccc2c(c1)-c1cccc3oc4ccc5cccc-2c5c4c13. The summed E-state index contributed by atoms with van der Waals surface area (Å²) >= 11 is 6.33. The zero-order valence-corrected chi connectivity index (χ0v) is 13.4. The van der Waals surface area contributed by atoms with Crippen molar-refractivity contribution in [2.75, 3.05) is 0 Å². The van der Waals surface area contributed by atoms with Gasteiger partial charge in [-0.2, -0.15) is 0 Å². The summed E-state index contributed by atoms with van der Waals surface area (Å²) in [7, 11) is 0. The minimum Gasteiger partial charge on any atom is -0.456 e. The topological polar surface area (TPSA) is 13.1 Å². The summed E-state index contributed by atoms with van der Waals surface area (Å²) in [4.78, 5) is 0. The zero-order valence-electron chi connectivity index (χ0n) is 12.6. The van der Waals surface area contributed by atoms with Crippen molar-refractivity contribution in [3.63, 3.8) is 0 Å². The summed E-state index contributed by atoms with van der Waals surface area (Å²) in [6, 6.07) is 23.1. The Morgan fingerprint density at radius 3 is 2.29 bits per heavy atom. The number of halogens is 1. The maximum absolute atomic E-state index is 6.33. The molecule has 6 rings (SSSR count). The molecule has 112 valence electrons. The van der Waals surface area contributed by atoms with Gasteiger partial charge in [0.05, 0.1) is 0 Å². The highest BCUT2D eigenvalue weighted by Crippen LogP contribution is 2.49. The monoisotopic (exact) mass is 326 g/mol. The molecule has 1 heterocycles. The fraction of sp³-hybridized carbons (Fsp3) is 0. The van der Waals surface area contributed by atoms with Crippen LogP contribution in [0, 0.1) is 0 Å². The van der Waals surface area contributed by atoms with E-state index in [-0.39, 0.29) is 0 Å². The zero-order chi connectivity index (χ0) is 15.8. The first-order chi connectivity index (χ1) is 11.8. The minimum atomic E-state index is 0.753. The molecule has 0 fully saturated rings. The molecule has 0 aliphatic heterocycles. The first-order valence-electron chi connectivity index (χ1n) is 7.98. The van der Waals surface area contributed by atoms with Crippen LogP contribution < -0.4 is 0 Å². The summed E-state index contributed by atoms with van der Waals surface area (Å²) in [6.45, 7) is 0. The third-order valence-electron chi connectivity index (χ3n) is 5.07. The number of furan rings is 1. The Morgan fingerprint density at radius 1 is 0.583 bits per heavy atom. The van der Waals surface area contributed by atoms with Crippen molar-refractivity contribution < 1.29 is 4.42 Å². The van der Waals surface area contributed by atoms with E-state index < -0.39 is 0 Å². The fourth-order valence-corrected chi connectivity index (χ4v) is 4.28. The van der Waals surface area contributed by atoms with Gasteiger partial charge in [-0.3, -0.25) is 0 Å². The van der Waals surface area contributed by atoms with Gasteiger partial charge >= 0.3 is 0 Å². The van der Waals surface area contributed by atoms with Crippen LogP contribution in [0.2, 0.25) is 5.02 Å². The van der Waals surface area contributed by atoms with Crippen LogP contribution in [0.3, 0.4) is 0 Å². The van der Waals surface area contributed by atoms with Crippen molar-refractivity contribution in [2.45, 2.75) is 0 Å². The summed E-state index contributed by atoms with van der Waals surface area (Å²) in [5.74, 6) is 0.